The van der Waals surface area contributed by atoms with Crippen LogP contribution in [0.1, 0.15) is 37.4 Å². The fourth-order valence-electron chi connectivity index (χ4n) is 2.12. The predicted molar refractivity (Wildman–Crippen MR) is 92.1 cm³/mol. The molecule has 1 N–H and O–H groups in total. The van der Waals surface area contributed by atoms with Crippen LogP contribution in [0.3, 0.4) is 0 Å². The van der Waals surface area contributed by atoms with E-state index in [0.717, 1.165) is 34.5 Å². The average molecular weight is 399 g/mol. The summed E-state index contributed by atoms with van der Waals surface area (Å²) in [5, 5.41) is 3.26. The maximum atomic E-state index is 13.8. The third-order valence-electron chi connectivity index (χ3n) is 3.10. The lowest BCUT2D eigenvalue weighted by Crippen LogP contribution is -2.10. The maximum Gasteiger partial charge on any atom is 0.143 e. The first-order valence-electron chi connectivity index (χ1n) is 7.18. The number of anilines is 1. The van der Waals surface area contributed by atoms with E-state index in [4.69, 9.17) is 0 Å². The van der Waals surface area contributed by atoms with E-state index < -0.39 is 0 Å². The van der Waals surface area contributed by atoms with Gasteiger partial charge in [0.25, 0.3) is 0 Å². The summed E-state index contributed by atoms with van der Waals surface area (Å²) in [6, 6.07) is 6.78. The Labute approximate surface area is 138 Å². The molecule has 0 bridgehead atoms. The second-order valence-electron chi connectivity index (χ2n) is 4.80. The van der Waals surface area contributed by atoms with Crippen LogP contribution in [0.5, 0.6) is 0 Å². The highest BCUT2D eigenvalue weighted by atomic mass is 127. The summed E-state index contributed by atoms with van der Waals surface area (Å²) < 4.78 is 14.8. The van der Waals surface area contributed by atoms with E-state index in [1.165, 1.54) is 6.07 Å². The third kappa shape index (κ3) is 4.12. The SMILES string of the molecule is CCCc1nc(Cc2ccccc2F)nc(NCC)c1I. The highest BCUT2D eigenvalue weighted by Crippen LogP contribution is 2.22. The van der Waals surface area contributed by atoms with Gasteiger partial charge < -0.3 is 5.32 Å². The molecule has 0 amide bonds. The molecule has 1 aromatic carbocycles. The number of hydrogen-bond acceptors (Lipinski definition) is 3. The minimum atomic E-state index is -0.207. The molecule has 0 aliphatic heterocycles. The van der Waals surface area contributed by atoms with E-state index in [9.17, 15) is 4.39 Å². The van der Waals surface area contributed by atoms with Gasteiger partial charge in [-0.2, -0.15) is 0 Å². The molecule has 21 heavy (non-hydrogen) atoms. The molecule has 0 atom stereocenters. The van der Waals surface area contributed by atoms with Gasteiger partial charge in [-0.05, 0) is 47.6 Å². The van der Waals surface area contributed by atoms with Crippen molar-refractivity contribution in [3.05, 3.63) is 50.7 Å². The van der Waals surface area contributed by atoms with E-state index >= 15 is 0 Å². The summed E-state index contributed by atoms with van der Waals surface area (Å²) in [4.78, 5) is 9.16. The summed E-state index contributed by atoms with van der Waals surface area (Å²) in [5.41, 5.74) is 1.67. The largest absolute Gasteiger partial charge is 0.369 e. The van der Waals surface area contributed by atoms with Crippen LogP contribution >= 0.6 is 22.6 Å². The zero-order valence-electron chi connectivity index (χ0n) is 12.3. The molecule has 2 aromatic rings. The van der Waals surface area contributed by atoms with Crippen LogP contribution in [-0.2, 0) is 12.8 Å². The second kappa shape index (κ2) is 7.68. The number of halogens is 2. The number of nitrogens with zero attached hydrogens (tertiary/aromatic N) is 2. The minimum Gasteiger partial charge on any atom is -0.369 e. The van der Waals surface area contributed by atoms with Crippen molar-refractivity contribution in [2.45, 2.75) is 33.1 Å². The molecule has 1 aromatic heterocycles. The van der Waals surface area contributed by atoms with Crippen LogP contribution in [0, 0.1) is 9.39 Å². The fraction of sp³-hybridized carbons (Fsp3) is 0.375. The summed E-state index contributed by atoms with van der Waals surface area (Å²) in [7, 11) is 0. The minimum absolute atomic E-state index is 0.207. The quantitative estimate of drug-likeness (QED) is 0.741. The number of nitrogens with one attached hydrogen (secondary N) is 1. The number of aromatic nitrogens is 2. The van der Waals surface area contributed by atoms with Gasteiger partial charge in [0.05, 0.1) is 9.26 Å². The van der Waals surface area contributed by atoms with E-state index in [-0.39, 0.29) is 5.82 Å². The smallest absolute Gasteiger partial charge is 0.143 e. The Kier molecular flexibility index (Phi) is 5.90. The number of aryl methyl sites for hydroxylation is 1. The molecule has 112 valence electrons. The van der Waals surface area contributed by atoms with Crippen molar-refractivity contribution in [3.8, 4) is 0 Å². The molecular formula is C16H19FIN3. The van der Waals surface area contributed by atoms with Crippen LogP contribution in [0.25, 0.3) is 0 Å². The molecule has 3 nitrogen and oxygen atoms in total. The normalized spacial score (nSPS) is 10.7. The Balaban J connectivity index is 2.36. The van der Waals surface area contributed by atoms with Gasteiger partial charge in [0.15, 0.2) is 0 Å². The van der Waals surface area contributed by atoms with E-state index in [1.54, 1.807) is 12.1 Å². The molecule has 0 radical (unpaired) electrons. The molecule has 5 heteroatoms. The fourth-order valence-corrected chi connectivity index (χ4v) is 2.82. The van der Waals surface area contributed by atoms with Gasteiger partial charge in [0.1, 0.15) is 17.5 Å². The van der Waals surface area contributed by atoms with Crippen molar-refractivity contribution in [2.75, 3.05) is 11.9 Å². The molecule has 0 spiro atoms. The van der Waals surface area contributed by atoms with Crippen molar-refractivity contribution >= 4 is 28.4 Å². The lowest BCUT2D eigenvalue weighted by atomic mass is 10.1. The first-order chi connectivity index (χ1) is 10.2. The Morgan fingerprint density at radius 1 is 1.19 bits per heavy atom. The molecule has 1 heterocycles. The topological polar surface area (TPSA) is 37.8 Å². The van der Waals surface area contributed by atoms with Gasteiger partial charge in [-0.1, -0.05) is 31.5 Å². The van der Waals surface area contributed by atoms with Crippen LogP contribution < -0.4 is 5.32 Å². The van der Waals surface area contributed by atoms with Crippen LogP contribution in [-0.4, -0.2) is 16.5 Å². The van der Waals surface area contributed by atoms with Gasteiger partial charge in [-0.15, -0.1) is 0 Å². The van der Waals surface area contributed by atoms with Gasteiger partial charge in [-0.3, -0.25) is 0 Å². The van der Waals surface area contributed by atoms with Gasteiger partial charge >= 0.3 is 0 Å². The highest BCUT2D eigenvalue weighted by molar-refractivity contribution is 14.1. The van der Waals surface area contributed by atoms with Gasteiger partial charge in [0, 0.05) is 13.0 Å². The lowest BCUT2D eigenvalue weighted by molar-refractivity contribution is 0.611. The number of hydrogen-bond donors (Lipinski definition) is 1. The van der Waals surface area contributed by atoms with Crippen LogP contribution in [0.4, 0.5) is 10.2 Å². The van der Waals surface area contributed by atoms with Crippen molar-refractivity contribution in [2.24, 2.45) is 0 Å². The first kappa shape index (κ1) is 16.1. The Bertz CT molecular complexity index is 589. The molecule has 2 rings (SSSR count). The Hall–Kier alpha value is -1.24. The summed E-state index contributed by atoms with van der Waals surface area (Å²) in [6.45, 7) is 4.97. The van der Waals surface area contributed by atoms with E-state index in [2.05, 4.69) is 44.8 Å². The van der Waals surface area contributed by atoms with E-state index in [0.29, 0.717) is 17.8 Å². The monoisotopic (exact) mass is 399 g/mol. The molecule has 0 saturated carbocycles. The standard InChI is InChI=1S/C16H19FIN3/c1-3-7-13-15(18)16(19-4-2)21-14(20-13)10-11-8-5-6-9-12(11)17/h5-6,8-9H,3-4,7,10H2,1-2H3,(H,19,20,21). The molecule has 0 aliphatic carbocycles. The van der Waals surface area contributed by atoms with Crippen molar-refractivity contribution < 1.29 is 4.39 Å². The maximum absolute atomic E-state index is 13.8. The van der Waals surface area contributed by atoms with Crippen molar-refractivity contribution in [1.82, 2.24) is 9.97 Å². The van der Waals surface area contributed by atoms with Crippen molar-refractivity contribution in [3.63, 3.8) is 0 Å². The average Bonchev–Trinajstić information content (AvgIpc) is 2.47. The third-order valence-corrected chi connectivity index (χ3v) is 4.24. The number of benzene rings is 1. The molecule has 0 unspecified atom stereocenters. The Morgan fingerprint density at radius 2 is 1.95 bits per heavy atom. The molecule has 0 saturated heterocycles. The second-order valence-corrected chi connectivity index (χ2v) is 5.88. The molecule has 0 aliphatic rings. The lowest BCUT2D eigenvalue weighted by Gasteiger charge is -2.12. The number of rotatable bonds is 6. The van der Waals surface area contributed by atoms with E-state index in [1.807, 2.05) is 13.0 Å². The molecular weight excluding hydrogens is 380 g/mol. The van der Waals surface area contributed by atoms with Crippen LogP contribution in [0.15, 0.2) is 24.3 Å². The van der Waals surface area contributed by atoms with Crippen molar-refractivity contribution in [1.29, 1.82) is 0 Å². The summed E-state index contributed by atoms with van der Waals surface area (Å²) in [6.07, 6.45) is 2.35. The predicted octanol–water partition coefficient (Wildman–Crippen LogP) is 4.20. The zero-order valence-corrected chi connectivity index (χ0v) is 14.4. The van der Waals surface area contributed by atoms with Gasteiger partial charge in [-0.25, -0.2) is 14.4 Å². The Morgan fingerprint density at radius 3 is 2.62 bits per heavy atom. The highest BCUT2D eigenvalue weighted by Gasteiger charge is 2.13. The van der Waals surface area contributed by atoms with Gasteiger partial charge in [0.2, 0.25) is 0 Å². The van der Waals surface area contributed by atoms with Crippen LogP contribution in [0.2, 0.25) is 0 Å². The summed E-state index contributed by atoms with van der Waals surface area (Å²) >= 11 is 2.28. The zero-order chi connectivity index (χ0) is 15.2. The summed E-state index contributed by atoms with van der Waals surface area (Å²) in [5.74, 6) is 1.31. The first-order valence-corrected chi connectivity index (χ1v) is 8.26. The molecule has 0 fully saturated rings.